The fourth-order valence-corrected chi connectivity index (χ4v) is 3.63. The molecule has 0 unspecified atom stereocenters. The average Bonchev–Trinajstić information content (AvgIpc) is 3.27. The molecule has 34 heavy (non-hydrogen) atoms. The zero-order valence-electron chi connectivity index (χ0n) is 17.2. The summed E-state index contributed by atoms with van der Waals surface area (Å²) in [6.07, 6.45) is -0.219. The normalized spacial score (nSPS) is 13.9. The second-order valence-corrected chi connectivity index (χ2v) is 7.47. The van der Waals surface area contributed by atoms with Gasteiger partial charge in [0.15, 0.2) is 11.6 Å². The second-order valence-electron chi connectivity index (χ2n) is 7.47. The van der Waals surface area contributed by atoms with Crippen LogP contribution in [-0.2, 0) is 4.74 Å². The summed E-state index contributed by atoms with van der Waals surface area (Å²) in [6.45, 7) is 0. The van der Waals surface area contributed by atoms with Crippen molar-refractivity contribution in [1.29, 1.82) is 0 Å². The molecule has 1 aliphatic carbocycles. The van der Waals surface area contributed by atoms with E-state index < -0.39 is 23.9 Å². The Kier molecular flexibility index (Phi) is 4.86. The fraction of sp³-hybridized carbons (Fsp3) is 0.0400. The van der Waals surface area contributed by atoms with Gasteiger partial charge < -0.3 is 14.2 Å². The highest BCUT2D eigenvalue weighted by atomic mass is 16.6. The van der Waals surface area contributed by atoms with E-state index in [1.54, 1.807) is 0 Å². The molecule has 2 aliphatic rings. The molecule has 166 valence electrons. The minimum Gasteiger partial charge on any atom is -0.423 e. The monoisotopic (exact) mass is 456 g/mol. The van der Waals surface area contributed by atoms with Gasteiger partial charge in [-0.1, -0.05) is 6.07 Å². The molecule has 0 N–H and O–H groups in total. The summed E-state index contributed by atoms with van der Waals surface area (Å²) in [4.78, 5) is 71.9. The summed E-state index contributed by atoms with van der Waals surface area (Å²) in [7, 11) is 0. The number of carbonyl (C=O) groups excluding carboxylic acids is 6. The van der Waals surface area contributed by atoms with Gasteiger partial charge in [-0.25, -0.2) is 19.2 Å². The van der Waals surface area contributed by atoms with E-state index >= 15 is 0 Å². The standard InChI is InChI=1S/C25H12O9/c26-20-11-21(27)18-8-12(4-6-16(18)20)22(28)32-14-2-1-3-15(10-14)33-23(29)13-5-7-17-19(9-13)25(31)34-24(17)30/h1-10H,11H2. The van der Waals surface area contributed by atoms with Crippen LogP contribution < -0.4 is 9.47 Å². The van der Waals surface area contributed by atoms with Crippen molar-refractivity contribution in [2.75, 3.05) is 0 Å². The van der Waals surface area contributed by atoms with E-state index in [-0.39, 0.29) is 62.9 Å². The van der Waals surface area contributed by atoms with Gasteiger partial charge in [0.05, 0.1) is 28.7 Å². The molecule has 0 radical (unpaired) electrons. The van der Waals surface area contributed by atoms with Crippen molar-refractivity contribution >= 4 is 35.4 Å². The average molecular weight is 456 g/mol. The molecule has 0 bridgehead atoms. The van der Waals surface area contributed by atoms with Crippen molar-refractivity contribution in [3.63, 3.8) is 0 Å². The maximum atomic E-state index is 12.5. The SMILES string of the molecule is O=C(Oc1cccc(OC(=O)c2ccc3c(c2)C(=O)OC3=O)c1)c1ccc2c(c1)C(=O)CC2=O. The van der Waals surface area contributed by atoms with Gasteiger partial charge in [-0.2, -0.15) is 0 Å². The lowest BCUT2D eigenvalue weighted by Gasteiger charge is -2.08. The Morgan fingerprint density at radius 2 is 1.15 bits per heavy atom. The minimum absolute atomic E-state index is 0.0187. The van der Waals surface area contributed by atoms with E-state index in [0.717, 1.165) is 0 Å². The minimum atomic E-state index is -0.846. The van der Waals surface area contributed by atoms with E-state index in [1.807, 2.05) is 0 Å². The van der Waals surface area contributed by atoms with Crippen molar-refractivity contribution in [3.05, 3.63) is 94.0 Å². The number of esters is 4. The Labute approximate surface area is 190 Å². The Morgan fingerprint density at radius 1 is 0.618 bits per heavy atom. The quantitative estimate of drug-likeness (QED) is 0.330. The number of fused-ring (bicyclic) bond motifs is 2. The Morgan fingerprint density at radius 3 is 1.79 bits per heavy atom. The molecule has 9 nitrogen and oxygen atoms in total. The molecular formula is C25H12O9. The smallest absolute Gasteiger partial charge is 0.346 e. The van der Waals surface area contributed by atoms with Gasteiger partial charge >= 0.3 is 23.9 Å². The highest BCUT2D eigenvalue weighted by Gasteiger charge is 2.31. The zero-order valence-corrected chi connectivity index (χ0v) is 17.2. The van der Waals surface area contributed by atoms with E-state index in [4.69, 9.17) is 9.47 Å². The lowest BCUT2D eigenvalue weighted by atomic mass is 10.1. The number of ether oxygens (including phenoxy) is 3. The van der Waals surface area contributed by atoms with Gasteiger partial charge in [0.2, 0.25) is 0 Å². The number of hydrogen-bond acceptors (Lipinski definition) is 9. The van der Waals surface area contributed by atoms with Gasteiger partial charge in [0.25, 0.3) is 0 Å². The Hall–Kier alpha value is -4.92. The van der Waals surface area contributed by atoms with Crippen LogP contribution in [0.15, 0.2) is 60.7 Å². The fourth-order valence-electron chi connectivity index (χ4n) is 3.63. The van der Waals surface area contributed by atoms with E-state index in [0.29, 0.717) is 0 Å². The number of cyclic esters (lactones) is 2. The molecule has 0 saturated heterocycles. The first kappa shape index (κ1) is 21.0. The van der Waals surface area contributed by atoms with Crippen LogP contribution in [0.1, 0.15) is 68.6 Å². The molecule has 0 aromatic heterocycles. The summed E-state index contributed by atoms with van der Waals surface area (Å²) in [6, 6.07) is 13.7. The van der Waals surface area contributed by atoms with Crippen LogP contribution in [0.3, 0.4) is 0 Å². The molecule has 1 aliphatic heterocycles. The van der Waals surface area contributed by atoms with Crippen molar-refractivity contribution < 1.29 is 43.0 Å². The number of Topliss-reactive ketones (excluding diaryl/α,β-unsaturated/α-hetero) is 2. The third kappa shape index (κ3) is 3.65. The van der Waals surface area contributed by atoms with Crippen molar-refractivity contribution in [2.45, 2.75) is 6.42 Å². The summed E-state index contributed by atoms with van der Waals surface area (Å²) in [5.41, 5.74) is 0.598. The van der Waals surface area contributed by atoms with E-state index in [9.17, 15) is 28.8 Å². The number of benzene rings is 3. The molecule has 0 saturated carbocycles. The van der Waals surface area contributed by atoms with Gasteiger partial charge in [-0.05, 0) is 48.5 Å². The maximum Gasteiger partial charge on any atom is 0.346 e. The van der Waals surface area contributed by atoms with Crippen molar-refractivity contribution in [1.82, 2.24) is 0 Å². The van der Waals surface area contributed by atoms with E-state index in [1.165, 1.54) is 60.7 Å². The predicted octanol–water partition coefficient (Wildman–Crippen LogP) is 3.20. The van der Waals surface area contributed by atoms with Gasteiger partial charge in [0.1, 0.15) is 11.5 Å². The largest absolute Gasteiger partial charge is 0.423 e. The topological polar surface area (TPSA) is 130 Å². The first-order valence-electron chi connectivity index (χ1n) is 9.95. The van der Waals surface area contributed by atoms with Crippen LogP contribution in [0.5, 0.6) is 11.5 Å². The first-order valence-corrected chi connectivity index (χ1v) is 9.95. The summed E-state index contributed by atoms with van der Waals surface area (Å²) in [5.74, 6) is -3.71. The molecule has 0 atom stereocenters. The van der Waals surface area contributed by atoms with Crippen LogP contribution >= 0.6 is 0 Å². The summed E-state index contributed by atoms with van der Waals surface area (Å²) < 4.78 is 15.1. The summed E-state index contributed by atoms with van der Waals surface area (Å²) in [5, 5.41) is 0. The van der Waals surface area contributed by atoms with Crippen molar-refractivity contribution in [2.24, 2.45) is 0 Å². The Balaban J connectivity index is 1.31. The van der Waals surface area contributed by atoms with Crippen LogP contribution in [-0.4, -0.2) is 35.4 Å². The molecule has 1 heterocycles. The molecule has 9 heteroatoms. The number of hydrogen-bond donors (Lipinski definition) is 0. The molecule has 0 spiro atoms. The van der Waals surface area contributed by atoms with Crippen LogP contribution in [0.2, 0.25) is 0 Å². The number of rotatable bonds is 4. The predicted molar refractivity (Wildman–Crippen MR) is 112 cm³/mol. The van der Waals surface area contributed by atoms with Gasteiger partial charge in [-0.3, -0.25) is 9.59 Å². The second kappa shape index (κ2) is 7.89. The molecule has 3 aromatic rings. The third-order valence-corrected chi connectivity index (χ3v) is 5.28. The van der Waals surface area contributed by atoms with Crippen LogP contribution in [0, 0.1) is 0 Å². The third-order valence-electron chi connectivity index (χ3n) is 5.28. The number of carbonyl (C=O) groups is 6. The molecular weight excluding hydrogens is 444 g/mol. The molecule has 5 rings (SSSR count). The van der Waals surface area contributed by atoms with Gasteiger partial charge in [0, 0.05) is 17.2 Å². The highest BCUT2D eigenvalue weighted by Crippen LogP contribution is 2.26. The van der Waals surface area contributed by atoms with Crippen molar-refractivity contribution in [3.8, 4) is 11.5 Å². The highest BCUT2D eigenvalue weighted by molar-refractivity contribution is 6.24. The Bertz CT molecular complexity index is 1360. The molecule has 3 aromatic carbocycles. The van der Waals surface area contributed by atoms with Crippen LogP contribution in [0.4, 0.5) is 0 Å². The van der Waals surface area contributed by atoms with Gasteiger partial charge in [-0.15, -0.1) is 0 Å². The van der Waals surface area contributed by atoms with Crippen LogP contribution in [0.25, 0.3) is 0 Å². The maximum absolute atomic E-state index is 12.5. The zero-order chi connectivity index (χ0) is 24.0. The van der Waals surface area contributed by atoms with E-state index in [2.05, 4.69) is 4.74 Å². The lowest BCUT2D eigenvalue weighted by Crippen LogP contribution is -2.11. The molecule has 0 amide bonds. The lowest BCUT2D eigenvalue weighted by molar-refractivity contribution is 0.0442. The first-order chi connectivity index (χ1) is 16.3. The molecule has 0 fully saturated rings. The number of ketones is 2. The summed E-state index contributed by atoms with van der Waals surface area (Å²) >= 11 is 0.